The van der Waals surface area contributed by atoms with E-state index in [1.165, 1.54) is 47.0 Å². The van der Waals surface area contributed by atoms with Gasteiger partial charge in [0, 0.05) is 37.3 Å². The highest BCUT2D eigenvalue weighted by Gasteiger charge is 2.25. The van der Waals surface area contributed by atoms with Gasteiger partial charge in [-0.2, -0.15) is 5.10 Å². The van der Waals surface area contributed by atoms with Crippen LogP contribution >= 0.6 is 11.9 Å². The molecule has 0 spiro atoms. The molecule has 0 saturated carbocycles. The Labute approximate surface area is 177 Å². The van der Waals surface area contributed by atoms with Crippen molar-refractivity contribution in [2.45, 2.75) is 70.0 Å². The average Bonchev–Trinajstić information content (AvgIpc) is 3.40. The van der Waals surface area contributed by atoms with Crippen molar-refractivity contribution in [3.05, 3.63) is 40.1 Å². The maximum atomic E-state index is 12.7. The highest BCUT2D eigenvalue weighted by molar-refractivity contribution is 7.97. The minimum atomic E-state index is -0.170. The third kappa shape index (κ3) is 4.31. The summed E-state index contributed by atoms with van der Waals surface area (Å²) in [5.74, 6) is 0. The van der Waals surface area contributed by atoms with Gasteiger partial charge in [0.1, 0.15) is 5.03 Å². The van der Waals surface area contributed by atoms with E-state index in [2.05, 4.69) is 47.0 Å². The molecule has 156 valence electrons. The van der Waals surface area contributed by atoms with Crippen LogP contribution in [0.2, 0.25) is 0 Å². The van der Waals surface area contributed by atoms with Gasteiger partial charge in [0.25, 0.3) is 0 Å². The summed E-state index contributed by atoms with van der Waals surface area (Å²) >= 11 is 1.27. The maximum absolute atomic E-state index is 12.7. The zero-order chi connectivity index (χ0) is 20.5. The lowest BCUT2D eigenvalue weighted by Crippen LogP contribution is -2.26. The predicted molar refractivity (Wildman–Crippen MR) is 118 cm³/mol. The quantitative estimate of drug-likeness (QED) is 0.701. The van der Waals surface area contributed by atoms with Gasteiger partial charge in [-0.05, 0) is 87.7 Å². The molecule has 0 fully saturated rings. The van der Waals surface area contributed by atoms with E-state index in [0.717, 1.165) is 48.6 Å². The largest absolute Gasteiger partial charge is 0.329 e. The molecule has 1 aromatic heterocycles. The molecule has 0 radical (unpaired) electrons. The molecule has 2 aliphatic rings. The topological polar surface area (TPSA) is 62.2 Å². The van der Waals surface area contributed by atoms with Gasteiger partial charge >= 0.3 is 6.03 Å². The SMILES string of the molecule is CC(C)N(C)Cc1cc(SNC(=O)Nc2c3c(cc4c2CCC4)CCC3)nn1C. The second kappa shape index (κ2) is 8.40. The smallest absolute Gasteiger partial charge is 0.307 e. The van der Waals surface area contributed by atoms with E-state index < -0.39 is 0 Å². The zero-order valence-electron chi connectivity index (χ0n) is 17.8. The van der Waals surface area contributed by atoms with Crippen LogP contribution in [-0.4, -0.2) is 33.8 Å². The van der Waals surface area contributed by atoms with Gasteiger partial charge in [-0.3, -0.25) is 14.3 Å². The van der Waals surface area contributed by atoms with Crippen molar-refractivity contribution in [1.29, 1.82) is 0 Å². The third-order valence-electron chi connectivity index (χ3n) is 6.21. The zero-order valence-corrected chi connectivity index (χ0v) is 18.7. The van der Waals surface area contributed by atoms with Crippen LogP contribution < -0.4 is 10.0 Å². The highest BCUT2D eigenvalue weighted by Crippen LogP contribution is 2.38. The Kier molecular flexibility index (Phi) is 5.88. The van der Waals surface area contributed by atoms with Crippen LogP contribution in [0.4, 0.5) is 10.5 Å². The van der Waals surface area contributed by atoms with E-state index >= 15 is 0 Å². The van der Waals surface area contributed by atoms with Crippen molar-refractivity contribution >= 4 is 23.7 Å². The van der Waals surface area contributed by atoms with Gasteiger partial charge in [-0.1, -0.05) is 6.07 Å². The first-order valence-electron chi connectivity index (χ1n) is 10.6. The van der Waals surface area contributed by atoms with Crippen LogP contribution in [0.5, 0.6) is 0 Å². The van der Waals surface area contributed by atoms with E-state index in [1.807, 2.05) is 17.8 Å². The normalized spacial score (nSPS) is 15.1. The van der Waals surface area contributed by atoms with Crippen molar-refractivity contribution < 1.29 is 4.79 Å². The molecule has 0 atom stereocenters. The molecule has 29 heavy (non-hydrogen) atoms. The Morgan fingerprint density at radius 3 is 2.45 bits per heavy atom. The molecule has 0 saturated heterocycles. The first-order chi connectivity index (χ1) is 13.9. The van der Waals surface area contributed by atoms with Gasteiger partial charge in [0.05, 0.1) is 5.69 Å². The Morgan fingerprint density at radius 2 is 1.83 bits per heavy atom. The number of hydrogen-bond donors (Lipinski definition) is 2. The van der Waals surface area contributed by atoms with Crippen LogP contribution in [0.1, 0.15) is 54.6 Å². The minimum Gasteiger partial charge on any atom is -0.307 e. The molecule has 1 aromatic carbocycles. The summed E-state index contributed by atoms with van der Waals surface area (Å²) in [7, 11) is 4.05. The van der Waals surface area contributed by atoms with E-state index in [9.17, 15) is 4.79 Å². The second-order valence-electron chi connectivity index (χ2n) is 8.50. The molecule has 0 aliphatic heterocycles. The summed E-state index contributed by atoms with van der Waals surface area (Å²) in [4.78, 5) is 14.9. The molecule has 1 heterocycles. The second-order valence-corrected chi connectivity index (χ2v) is 9.33. The Bertz CT molecular complexity index is 888. The van der Waals surface area contributed by atoms with Crippen molar-refractivity contribution in [2.75, 3.05) is 12.4 Å². The molecule has 2 aromatic rings. The van der Waals surface area contributed by atoms with Crippen molar-refractivity contribution in [1.82, 2.24) is 19.4 Å². The predicted octanol–water partition coefficient (Wildman–Crippen LogP) is 4.07. The fourth-order valence-corrected chi connectivity index (χ4v) is 4.92. The number of amides is 2. The number of hydrogen-bond acceptors (Lipinski definition) is 4. The number of nitrogens with one attached hydrogen (secondary N) is 2. The molecule has 0 bridgehead atoms. The van der Waals surface area contributed by atoms with Crippen molar-refractivity contribution in [3.63, 3.8) is 0 Å². The summed E-state index contributed by atoms with van der Waals surface area (Å²) in [6.45, 7) is 5.18. The number of urea groups is 1. The summed E-state index contributed by atoms with van der Waals surface area (Å²) in [6, 6.07) is 4.73. The molecule has 2 N–H and O–H groups in total. The molecular formula is C22H31N5OS. The molecular weight excluding hydrogens is 382 g/mol. The lowest BCUT2D eigenvalue weighted by Gasteiger charge is -2.20. The van der Waals surface area contributed by atoms with Gasteiger partial charge in [-0.15, -0.1) is 0 Å². The van der Waals surface area contributed by atoms with E-state index in [4.69, 9.17) is 0 Å². The van der Waals surface area contributed by atoms with Gasteiger partial charge in [0.15, 0.2) is 0 Å². The summed E-state index contributed by atoms with van der Waals surface area (Å²) in [5, 5.41) is 8.50. The standard InChI is InChI=1S/C22H31N5OS/c1-14(2)26(3)13-17-12-20(24-27(17)4)29-25-22(28)23-21-18-9-5-7-15(18)11-16-8-6-10-19(16)21/h11-12,14H,5-10,13H2,1-4H3,(H2,23,25,28). The maximum Gasteiger partial charge on any atom is 0.329 e. The lowest BCUT2D eigenvalue weighted by atomic mass is 9.99. The molecule has 7 heteroatoms. The van der Waals surface area contributed by atoms with Crippen molar-refractivity contribution in [3.8, 4) is 0 Å². The third-order valence-corrected chi connectivity index (χ3v) is 6.90. The van der Waals surface area contributed by atoms with Crippen LogP contribution in [0, 0.1) is 0 Å². The average molecular weight is 414 g/mol. The summed E-state index contributed by atoms with van der Waals surface area (Å²) in [6.07, 6.45) is 6.77. The fourth-order valence-electron chi connectivity index (χ4n) is 4.32. The summed E-state index contributed by atoms with van der Waals surface area (Å²) < 4.78 is 4.81. The number of carbonyl (C=O) groups excluding carboxylic acids is 1. The summed E-state index contributed by atoms with van der Waals surface area (Å²) in [5.41, 5.74) is 7.76. The van der Waals surface area contributed by atoms with Crippen LogP contribution in [0.3, 0.4) is 0 Å². The first-order valence-corrected chi connectivity index (χ1v) is 11.4. The van der Waals surface area contributed by atoms with E-state index in [-0.39, 0.29) is 6.03 Å². The Balaban J connectivity index is 1.41. The number of aromatic nitrogens is 2. The molecule has 6 nitrogen and oxygen atoms in total. The van der Waals surface area contributed by atoms with Gasteiger partial charge in [-0.25, -0.2) is 4.79 Å². The molecule has 0 unspecified atom stereocenters. The Morgan fingerprint density at radius 1 is 1.17 bits per heavy atom. The van der Waals surface area contributed by atoms with Gasteiger partial charge < -0.3 is 5.32 Å². The minimum absolute atomic E-state index is 0.170. The lowest BCUT2D eigenvalue weighted by molar-refractivity contribution is 0.257. The van der Waals surface area contributed by atoms with Crippen LogP contribution in [0.25, 0.3) is 0 Å². The molecule has 4 rings (SSSR count). The van der Waals surface area contributed by atoms with Gasteiger partial charge in [0.2, 0.25) is 0 Å². The Hall–Kier alpha value is -1.99. The van der Waals surface area contributed by atoms with E-state index in [0.29, 0.717) is 6.04 Å². The highest BCUT2D eigenvalue weighted by atomic mass is 32.2. The number of carbonyl (C=O) groups is 1. The number of benzene rings is 1. The number of nitrogens with zero attached hydrogens (tertiary/aromatic N) is 3. The number of aryl methyl sites for hydroxylation is 3. The number of rotatable bonds is 6. The van der Waals surface area contributed by atoms with Crippen LogP contribution in [0.15, 0.2) is 17.2 Å². The van der Waals surface area contributed by atoms with Crippen molar-refractivity contribution in [2.24, 2.45) is 7.05 Å². The first kappa shape index (κ1) is 20.3. The molecule has 2 amide bonds. The monoisotopic (exact) mass is 413 g/mol. The number of anilines is 1. The van der Waals surface area contributed by atoms with Crippen LogP contribution in [-0.2, 0) is 39.3 Å². The molecule has 2 aliphatic carbocycles. The fraction of sp³-hybridized carbons (Fsp3) is 0.545. The number of fused-ring (bicyclic) bond motifs is 2. The van der Waals surface area contributed by atoms with E-state index in [1.54, 1.807) is 0 Å².